The fraction of sp³-hybridized carbons (Fsp3) is 0.900. The minimum Gasteiger partial charge on any atom is -0.352 e. The minimum atomic E-state index is 0.294. The summed E-state index contributed by atoms with van der Waals surface area (Å²) in [6, 6.07) is 0.424. The lowest BCUT2D eigenvalue weighted by atomic mass is 10.2. The molecule has 2 rings (SSSR count). The molecule has 0 aromatic rings. The van der Waals surface area contributed by atoms with Crippen LogP contribution >= 0.6 is 0 Å². The highest BCUT2D eigenvalue weighted by Crippen LogP contribution is 2.29. The maximum atomic E-state index is 11.4. The lowest BCUT2D eigenvalue weighted by Crippen LogP contribution is -2.37. The van der Waals surface area contributed by atoms with E-state index in [1.165, 1.54) is 0 Å². The summed E-state index contributed by atoms with van der Waals surface area (Å²) in [6.45, 7) is 5.47. The highest BCUT2D eigenvalue weighted by molar-refractivity contribution is 5.81. The van der Waals surface area contributed by atoms with Gasteiger partial charge < -0.3 is 10.2 Å². The van der Waals surface area contributed by atoms with E-state index in [2.05, 4.69) is 17.1 Å². The molecular formula is C10H18N2O. The first kappa shape index (κ1) is 9.00. The van der Waals surface area contributed by atoms with Gasteiger partial charge in [-0.15, -0.1) is 0 Å². The first-order valence-electron chi connectivity index (χ1n) is 5.32. The molecule has 2 fully saturated rings. The largest absolute Gasteiger partial charge is 0.352 e. The van der Waals surface area contributed by atoms with Gasteiger partial charge in [0, 0.05) is 25.0 Å². The van der Waals surface area contributed by atoms with E-state index in [4.69, 9.17) is 0 Å². The Morgan fingerprint density at radius 1 is 1.46 bits per heavy atom. The molecule has 2 aliphatic rings. The third-order valence-electron chi connectivity index (χ3n) is 3.01. The molecule has 0 radical (unpaired) electrons. The van der Waals surface area contributed by atoms with Crippen molar-refractivity contribution in [3.8, 4) is 0 Å². The van der Waals surface area contributed by atoms with Crippen molar-refractivity contribution < 1.29 is 4.79 Å². The van der Waals surface area contributed by atoms with Crippen LogP contribution in [-0.4, -0.2) is 36.5 Å². The number of hydrogen-bond acceptors (Lipinski definition) is 2. The van der Waals surface area contributed by atoms with Crippen LogP contribution in [0.15, 0.2) is 0 Å². The standard InChI is InChI=1S/C10H18N2O/c1-2-12-6-5-9(7-12)11-10(13)8-3-4-8/h8-9H,2-7H2,1H3,(H,11,13). The number of amides is 1. The average Bonchev–Trinajstić information content (AvgIpc) is 2.88. The third-order valence-corrected chi connectivity index (χ3v) is 3.01. The minimum absolute atomic E-state index is 0.294. The Kier molecular flexibility index (Phi) is 2.54. The second kappa shape index (κ2) is 3.66. The quantitative estimate of drug-likeness (QED) is 0.693. The van der Waals surface area contributed by atoms with Gasteiger partial charge in [0.05, 0.1) is 0 Å². The van der Waals surface area contributed by atoms with Crippen LogP contribution in [0, 0.1) is 5.92 Å². The molecule has 1 atom stereocenters. The zero-order valence-corrected chi connectivity index (χ0v) is 8.25. The van der Waals surface area contributed by atoms with Crippen LogP contribution < -0.4 is 5.32 Å². The summed E-state index contributed by atoms with van der Waals surface area (Å²) in [5.41, 5.74) is 0. The van der Waals surface area contributed by atoms with E-state index in [0.29, 0.717) is 17.9 Å². The molecule has 1 aliphatic carbocycles. The molecule has 1 saturated heterocycles. The van der Waals surface area contributed by atoms with Gasteiger partial charge in [0.2, 0.25) is 5.91 Å². The van der Waals surface area contributed by atoms with Crippen LogP contribution in [0.5, 0.6) is 0 Å². The van der Waals surface area contributed by atoms with Crippen molar-refractivity contribution in [2.75, 3.05) is 19.6 Å². The van der Waals surface area contributed by atoms with Gasteiger partial charge in [-0.2, -0.15) is 0 Å². The zero-order valence-electron chi connectivity index (χ0n) is 8.25. The molecule has 0 aromatic carbocycles. The maximum Gasteiger partial charge on any atom is 0.223 e. The van der Waals surface area contributed by atoms with Gasteiger partial charge in [-0.1, -0.05) is 6.92 Å². The van der Waals surface area contributed by atoms with E-state index >= 15 is 0 Å². The predicted molar refractivity (Wildman–Crippen MR) is 51.4 cm³/mol. The summed E-state index contributed by atoms with van der Waals surface area (Å²) in [7, 11) is 0. The Labute approximate surface area is 79.5 Å². The lowest BCUT2D eigenvalue weighted by molar-refractivity contribution is -0.122. The molecule has 13 heavy (non-hydrogen) atoms. The van der Waals surface area contributed by atoms with E-state index in [9.17, 15) is 4.79 Å². The Morgan fingerprint density at radius 3 is 2.77 bits per heavy atom. The summed E-state index contributed by atoms with van der Waals surface area (Å²) in [4.78, 5) is 13.8. The average molecular weight is 182 g/mol. The van der Waals surface area contributed by atoms with Crippen LogP contribution in [0.1, 0.15) is 26.2 Å². The highest BCUT2D eigenvalue weighted by Gasteiger charge is 2.32. The van der Waals surface area contributed by atoms with Gasteiger partial charge in [-0.25, -0.2) is 0 Å². The molecule has 1 aliphatic heterocycles. The summed E-state index contributed by atoms with van der Waals surface area (Å²) >= 11 is 0. The number of rotatable bonds is 3. The number of carbonyl (C=O) groups is 1. The molecule has 74 valence electrons. The van der Waals surface area contributed by atoms with Crippen LogP contribution in [0.4, 0.5) is 0 Å². The first-order chi connectivity index (χ1) is 6.29. The maximum absolute atomic E-state index is 11.4. The van der Waals surface area contributed by atoms with E-state index in [1.807, 2.05) is 0 Å². The molecule has 1 heterocycles. The van der Waals surface area contributed by atoms with Gasteiger partial charge in [-0.05, 0) is 25.8 Å². The predicted octanol–water partition coefficient (Wildman–Crippen LogP) is 0.607. The molecule has 0 aromatic heterocycles. The number of hydrogen-bond donors (Lipinski definition) is 1. The fourth-order valence-electron chi connectivity index (χ4n) is 1.90. The lowest BCUT2D eigenvalue weighted by Gasteiger charge is -2.14. The Balaban J connectivity index is 1.73. The molecule has 0 bridgehead atoms. The molecule has 3 heteroatoms. The highest BCUT2D eigenvalue weighted by atomic mass is 16.2. The summed E-state index contributed by atoms with van der Waals surface area (Å²) in [6.07, 6.45) is 3.35. The van der Waals surface area contributed by atoms with E-state index in [0.717, 1.165) is 38.9 Å². The molecule has 1 amide bonds. The summed E-state index contributed by atoms with van der Waals surface area (Å²) < 4.78 is 0. The Hall–Kier alpha value is -0.570. The van der Waals surface area contributed by atoms with Crippen molar-refractivity contribution >= 4 is 5.91 Å². The molecule has 1 N–H and O–H groups in total. The monoisotopic (exact) mass is 182 g/mol. The number of nitrogens with zero attached hydrogens (tertiary/aromatic N) is 1. The number of likely N-dealkylation sites (tertiary alicyclic amines) is 1. The topological polar surface area (TPSA) is 32.3 Å². The van der Waals surface area contributed by atoms with Crippen molar-refractivity contribution in [3.05, 3.63) is 0 Å². The van der Waals surface area contributed by atoms with E-state index < -0.39 is 0 Å². The van der Waals surface area contributed by atoms with Crippen molar-refractivity contribution in [2.45, 2.75) is 32.2 Å². The normalized spacial score (nSPS) is 29.2. The number of carbonyl (C=O) groups excluding carboxylic acids is 1. The van der Waals surface area contributed by atoms with Crippen molar-refractivity contribution in [1.82, 2.24) is 10.2 Å². The number of likely N-dealkylation sites (N-methyl/N-ethyl adjacent to an activating group) is 1. The van der Waals surface area contributed by atoms with Crippen LogP contribution in [0.3, 0.4) is 0 Å². The van der Waals surface area contributed by atoms with Gasteiger partial charge in [-0.3, -0.25) is 4.79 Å². The molecule has 1 unspecified atom stereocenters. The van der Waals surface area contributed by atoms with Crippen LogP contribution in [0.25, 0.3) is 0 Å². The second-order valence-corrected chi connectivity index (χ2v) is 4.16. The van der Waals surface area contributed by atoms with Crippen molar-refractivity contribution in [3.63, 3.8) is 0 Å². The van der Waals surface area contributed by atoms with Crippen LogP contribution in [0.2, 0.25) is 0 Å². The van der Waals surface area contributed by atoms with Crippen LogP contribution in [-0.2, 0) is 4.79 Å². The summed E-state index contributed by atoms with van der Waals surface area (Å²) in [5, 5.41) is 3.12. The Morgan fingerprint density at radius 2 is 2.23 bits per heavy atom. The smallest absolute Gasteiger partial charge is 0.223 e. The molecular weight excluding hydrogens is 164 g/mol. The molecule has 0 spiro atoms. The summed E-state index contributed by atoms with van der Waals surface area (Å²) in [5.74, 6) is 0.652. The molecule has 1 saturated carbocycles. The van der Waals surface area contributed by atoms with Gasteiger partial charge in [0.25, 0.3) is 0 Å². The molecule has 3 nitrogen and oxygen atoms in total. The number of nitrogens with one attached hydrogen (secondary N) is 1. The van der Waals surface area contributed by atoms with Gasteiger partial charge in [0.15, 0.2) is 0 Å². The van der Waals surface area contributed by atoms with E-state index in [1.54, 1.807) is 0 Å². The van der Waals surface area contributed by atoms with Crippen molar-refractivity contribution in [2.24, 2.45) is 5.92 Å². The Bertz CT molecular complexity index is 201. The SMILES string of the molecule is CCN1CCC(NC(=O)C2CC2)C1. The van der Waals surface area contributed by atoms with Crippen molar-refractivity contribution in [1.29, 1.82) is 0 Å². The van der Waals surface area contributed by atoms with Gasteiger partial charge in [0.1, 0.15) is 0 Å². The fourth-order valence-corrected chi connectivity index (χ4v) is 1.90. The first-order valence-corrected chi connectivity index (χ1v) is 5.32. The second-order valence-electron chi connectivity index (χ2n) is 4.16. The van der Waals surface area contributed by atoms with E-state index in [-0.39, 0.29) is 0 Å². The zero-order chi connectivity index (χ0) is 9.26. The third kappa shape index (κ3) is 2.21. The van der Waals surface area contributed by atoms with Gasteiger partial charge >= 0.3 is 0 Å².